The number of carbonyl (C=O) groups excluding carboxylic acids is 3. The van der Waals surface area contributed by atoms with E-state index >= 15 is 0 Å². The third-order valence-corrected chi connectivity index (χ3v) is 7.28. The zero-order valence-electron chi connectivity index (χ0n) is 19.3. The molecule has 3 heterocycles. The molecule has 8 nitrogen and oxygen atoms in total. The van der Waals surface area contributed by atoms with Crippen LogP contribution >= 0.6 is 23.1 Å². The first kappa shape index (κ1) is 25.4. The second-order valence-electron chi connectivity index (χ2n) is 8.50. The van der Waals surface area contributed by atoms with Gasteiger partial charge in [0.2, 0.25) is 11.8 Å². The second kappa shape index (κ2) is 12.3. The summed E-state index contributed by atoms with van der Waals surface area (Å²) in [5.74, 6) is -0.762. The molecule has 0 saturated heterocycles. The number of carbonyl (C=O) groups is 3. The molecule has 2 N–H and O–H groups in total. The maximum absolute atomic E-state index is 13.0. The van der Waals surface area contributed by atoms with E-state index in [1.165, 1.54) is 23.1 Å². The number of rotatable bonds is 6. The van der Waals surface area contributed by atoms with Gasteiger partial charge in [-0.05, 0) is 24.8 Å². The van der Waals surface area contributed by atoms with Crippen LogP contribution in [0.25, 0.3) is 0 Å². The number of amides is 2. The van der Waals surface area contributed by atoms with Crippen molar-refractivity contribution >= 4 is 45.9 Å². The molecule has 3 atom stereocenters. The highest BCUT2D eigenvalue weighted by atomic mass is 32.2. The summed E-state index contributed by atoms with van der Waals surface area (Å²) in [5, 5.41) is 9.02. The molecular weight excluding hydrogens is 460 g/mol. The largest absolute Gasteiger partial charge is 0.456 e. The summed E-state index contributed by atoms with van der Waals surface area (Å²) in [5.41, 5.74) is 0.712. The number of nitrogens with zero attached hydrogens (tertiary/aromatic N) is 2. The molecule has 0 fully saturated rings. The molecule has 0 aromatic carbocycles. The fraction of sp³-hybridized carbons (Fsp3) is 0.609. The Morgan fingerprint density at radius 2 is 2.09 bits per heavy atom. The zero-order chi connectivity index (χ0) is 23.8. The van der Waals surface area contributed by atoms with Gasteiger partial charge in [-0.1, -0.05) is 39.7 Å². The Hall–Kier alpha value is -2.20. The van der Waals surface area contributed by atoms with Crippen LogP contribution < -0.4 is 10.6 Å². The summed E-state index contributed by atoms with van der Waals surface area (Å²) in [6.45, 7) is 6.13. The lowest BCUT2D eigenvalue weighted by atomic mass is 10.0. The van der Waals surface area contributed by atoms with E-state index in [1.54, 1.807) is 6.08 Å². The maximum atomic E-state index is 13.0. The van der Waals surface area contributed by atoms with Gasteiger partial charge in [0.05, 0.1) is 13.0 Å². The Bertz CT molecular complexity index is 912. The van der Waals surface area contributed by atoms with Crippen LogP contribution in [0, 0.1) is 5.92 Å². The summed E-state index contributed by atoms with van der Waals surface area (Å²) in [4.78, 5) is 47.5. The highest BCUT2D eigenvalue weighted by Crippen LogP contribution is 2.25. The van der Waals surface area contributed by atoms with Crippen molar-refractivity contribution in [2.24, 2.45) is 10.9 Å². The zero-order valence-corrected chi connectivity index (χ0v) is 21.0. The molecular formula is C23H32N4O4S2. The molecule has 0 saturated carbocycles. The number of thioether (sulfide) groups is 1. The summed E-state index contributed by atoms with van der Waals surface area (Å²) in [6.07, 6.45) is 7.18. The predicted molar refractivity (Wildman–Crippen MR) is 131 cm³/mol. The van der Waals surface area contributed by atoms with Crippen LogP contribution in [0.2, 0.25) is 0 Å². The topological polar surface area (TPSA) is 110 Å². The highest BCUT2D eigenvalue weighted by molar-refractivity contribution is 8.14. The third-order valence-electron chi connectivity index (χ3n) is 5.36. The van der Waals surface area contributed by atoms with Gasteiger partial charge in [0, 0.05) is 11.1 Å². The van der Waals surface area contributed by atoms with Crippen molar-refractivity contribution in [2.75, 3.05) is 5.75 Å². The lowest BCUT2D eigenvalue weighted by Crippen LogP contribution is -2.49. The van der Waals surface area contributed by atoms with Crippen molar-refractivity contribution in [3.05, 3.63) is 28.2 Å². The molecule has 180 valence electrons. The van der Waals surface area contributed by atoms with Gasteiger partial charge in [-0.15, -0.1) is 23.1 Å². The molecule has 3 rings (SSSR count). The van der Waals surface area contributed by atoms with Crippen LogP contribution in [-0.2, 0) is 25.7 Å². The quantitative estimate of drug-likeness (QED) is 0.359. The first-order chi connectivity index (χ1) is 15.9. The number of aromatic nitrogens is 1. The molecule has 0 spiro atoms. The Morgan fingerprint density at radius 1 is 1.27 bits per heavy atom. The fourth-order valence-corrected chi connectivity index (χ4v) is 5.24. The first-order valence-corrected chi connectivity index (χ1v) is 13.3. The van der Waals surface area contributed by atoms with E-state index in [4.69, 9.17) is 4.74 Å². The maximum Gasteiger partial charge on any atom is 0.329 e. The first-order valence-electron chi connectivity index (χ1n) is 11.5. The highest BCUT2D eigenvalue weighted by Gasteiger charge is 2.33. The van der Waals surface area contributed by atoms with Crippen LogP contribution in [0.1, 0.15) is 63.6 Å². The molecule has 1 aromatic heterocycles. The van der Waals surface area contributed by atoms with Gasteiger partial charge in [0.15, 0.2) is 0 Å². The van der Waals surface area contributed by atoms with Gasteiger partial charge in [-0.25, -0.2) is 9.78 Å². The summed E-state index contributed by atoms with van der Waals surface area (Å²) in [6, 6.07) is -1.40. The number of hydrogen-bond donors (Lipinski definition) is 2. The van der Waals surface area contributed by atoms with Crippen LogP contribution in [0.3, 0.4) is 0 Å². The monoisotopic (exact) mass is 492 g/mol. The Morgan fingerprint density at radius 3 is 2.85 bits per heavy atom. The number of aliphatic imine (C=N–C) groups is 1. The number of hydrogen-bond acceptors (Lipinski definition) is 8. The molecule has 2 aliphatic rings. The number of fused-ring (bicyclic) bond motifs is 4. The van der Waals surface area contributed by atoms with Gasteiger partial charge in [-0.3, -0.25) is 14.6 Å². The second-order valence-corrected chi connectivity index (χ2v) is 10.4. The van der Waals surface area contributed by atoms with Gasteiger partial charge in [-0.2, -0.15) is 0 Å². The van der Waals surface area contributed by atoms with Crippen LogP contribution in [0.15, 0.2) is 22.5 Å². The Kier molecular flexibility index (Phi) is 9.49. The number of thiazole rings is 1. The van der Waals surface area contributed by atoms with Crippen molar-refractivity contribution in [3.8, 4) is 0 Å². The number of cyclic esters (lactones) is 1. The average molecular weight is 493 g/mol. The molecule has 4 bridgehead atoms. The number of unbranched alkanes of at least 4 members (excludes halogenated alkanes) is 3. The average Bonchev–Trinajstić information content (AvgIpc) is 3.44. The fourth-order valence-electron chi connectivity index (χ4n) is 3.45. The predicted octanol–water partition coefficient (Wildman–Crippen LogP) is 3.21. The molecule has 2 aliphatic heterocycles. The van der Waals surface area contributed by atoms with Gasteiger partial charge in [0.1, 0.15) is 33.9 Å². The SMILES string of the molecule is CCCCC/C=C/C1CC(=O)NCc2nc(cs2)C2=N[C@@H](CS2)C(=O)NC(C(C)C)C(=O)O1. The van der Waals surface area contributed by atoms with Crippen LogP contribution in [0.4, 0.5) is 0 Å². The van der Waals surface area contributed by atoms with Crippen LogP contribution in [-0.4, -0.2) is 51.8 Å². The van der Waals surface area contributed by atoms with E-state index in [-0.39, 0.29) is 24.2 Å². The molecule has 2 unspecified atom stereocenters. The Labute approximate surface area is 203 Å². The van der Waals surface area contributed by atoms with Gasteiger partial charge >= 0.3 is 5.97 Å². The van der Waals surface area contributed by atoms with Crippen molar-refractivity contribution in [1.82, 2.24) is 15.6 Å². The molecule has 1 aromatic rings. The van der Waals surface area contributed by atoms with Crippen molar-refractivity contribution < 1.29 is 19.1 Å². The van der Waals surface area contributed by atoms with Gasteiger partial charge in [0.25, 0.3) is 0 Å². The lowest BCUT2D eigenvalue weighted by Gasteiger charge is -2.24. The number of allylic oxidation sites excluding steroid dienone is 1. The molecule has 0 radical (unpaired) electrons. The normalized spacial score (nSPS) is 24.5. The summed E-state index contributed by atoms with van der Waals surface area (Å²) in [7, 11) is 0. The van der Waals surface area contributed by atoms with E-state index in [1.807, 2.05) is 25.3 Å². The minimum atomic E-state index is -0.820. The van der Waals surface area contributed by atoms with E-state index in [9.17, 15) is 14.4 Å². The summed E-state index contributed by atoms with van der Waals surface area (Å²) < 4.78 is 5.70. The van der Waals surface area contributed by atoms with E-state index < -0.39 is 24.2 Å². The number of ether oxygens (including phenoxy) is 1. The molecule has 33 heavy (non-hydrogen) atoms. The van der Waals surface area contributed by atoms with Crippen LogP contribution in [0.5, 0.6) is 0 Å². The minimum absolute atomic E-state index is 0.0121. The van der Waals surface area contributed by atoms with E-state index in [2.05, 4.69) is 27.5 Å². The van der Waals surface area contributed by atoms with E-state index in [0.29, 0.717) is 23.0 Å². The standard InChI is InChI=1S/C23H32N4O4S2/c1-4-5-6-7-8-9-15-10-18(28)24-11-19-25-17(13-32-19)22-26-16(12-33-22)21(29)27-20(14(2)3)23(30)31-15/h8-9,13-16,20H,4-7,10-12H2,1-3H3,(H,24,28)(H,27,29)/b9-8+/t15?,16-,20?/m0/s1. The lowest BCUT2D eigenvalue weighted by molar-refractivity contribution is -0.153. The summed E-state index contributed by atoms with van der Waals surface area (Å²) >= 11 is 2.90. The molecule has 0 aliphatic carbocycles. The third kappa shape index (κ3) is 7.40. The Balaban J connectivity index is 1.81. The van der Waals surface area contributed by atoms with Crippen molar-refractivity contribution in [3.63, 3.8) is 0 Å². The minimum Gasteiger partial charge on any atom is -0.456 e. The van der Waals surface area contributed by atoms with E-state index in [0.717, 1.165) is 30.7 Å². The smallest absolute Gasteiger partial charge is 0.329 e. The number of nitrogens with one attached hydrogen (secondary N) is 2. The molecule has 2 amide bonds. The van der Waals surface area contributed by atoms with Gasteiger partial charge < -0.3 is 15.4 Å². The number of esters is 1. The molecule has 10 heteroatoms. The van der Waals surface area contributed by atoms with Crippen molar-refractivity contribution in [2.45, 2.75) is 77.6 Å². The van der Waals surface area contributed by atoms with Crippen molar-refractivity contribution in [1.29, 1.82) is 0 Å².